The van der Waals surface area contributed by atoms with Gasteiger partial charge < -0.3 is 164 Å². The quantitative estimate of drug-likeness (QED) is 0.0209. The Balaban J connectivity index is 1.11. The fourth-order valence-electron chi connectivity index (χ4n) is 14.3. The largest absolute Gasteiger partial charge is 0.394 e. The van der Waals surface area contributed by atoms with Crippen LogP contribution in [0.4, 0.5) is 0 Å². The van der Waals surface area contributed by atoms with Crippen molar-refractivity contribution in [1.82, 2.24) is 10.6 Å². The molecule has 0 aromatic heterocycles. The van der Waals surface area contributed by atoms with Crippen LogP contribution in [0, 0.1) is 0 Å². The first kappa shape index (κ1) is 93.3. The summed E-state index contributed by atoms with van der Waals surface area (Å²) in [5.41, 5.74) is 0. The summed E-state index contributed by atoms with van der Waals surface area (Å²) in [5.74, 6) is -1.24. The predicted molar refractivity (Wildman–Crippen MR) is 373 cm³/mol. The average molecular weight is 1550 g/mol. The van der Waals surface area contributed by atoms with Gasteiger partial charge in [-0.3, -0.25) is 9.59 Å². The molecule has 6 heterocycles. The summed E-state index contributed by atoms with van der Waals surface area (Å²) in [4.78, 5) is 26.5. The Bertz CT molecular complexity index is 2440. The monoisotopic (exact) mass is 1550 g/mol. The van der Waals surface area contributed by atoms with E-state index in [1.165, 1.54) is 96.3 Å². The lowest BCUT2D eigenvalue weighted by molar-refractivity contribution is -0.392. The number of rotatable bonds is 49. The minimum atomic E-state index is -2.30. The molecule has 21 N–H and O–H groups in total. The van der Waals surface area contributed by atoms with Crippen molar-refractivity contribution in [2.75, 3.05) is 46.2 Å². The van der Waals surface area contributed by atoms with Gasteiger partial charge in [0, 0.05) is 13.3 Å². The first-order valence-electron chi connectivity index (χ1n) is 39.0. The molecule has 6 saturated heterocycles. The second kappa shape index (κ2) is 49.3. The standard InChI is InChI=1S/C72H130N2O33/c1-4-6-8-10-12-14-16-18-20-22-24-26-28-30-41(82)40(74-48(83)31-29-27-25-23-21-19-17-15-13-11-9-7-5-2)38-96-68-58(92)56(90)62(47(37-80)102-68)103-70-60(94)66(54(88)45(35-78)99-70)107-72-59(93)64(52(86)44(34-77)101-72)105-67-49(73-39(3)81)63(51(85)43(33-76)97-67)104-71-61(95)65(53(87)46(36-79)100-71)106-69-57(91)55(89)50(84)42(32-75)98-69/h28,30,40-47,49-72,75-80,82,84-95H,4-27,29,31-38H2,1-3H3,(H,73,81)(H,74,83)/b30-28+/t40-,41+,42?,43?,44?,45?,46?,47?,49?,50-,51-,52-,53-,54-,55-,56+,57?,58?,59?,60?,61?,62+,63+,64-,65-,66-,67-,68+,69+,70-,71-,72+/m0/s1. The van der Waals surface area contributed by atoms with Gasteiger partial charge in [-0.15, -0.1) is 0 Å². The van der Waals surface area contributed by atoms with E-state index in [-0.39, 0.29) is 12.3 Å². The lowest BCUT2D eigenvalue weighted by Crippen LogP contribution is -2.70. The highest BCUT2D eigenvalue weighted by Gasteiger charge is 2.58. The summed E-state index contributed by atoms with van der Waals surface area (Å²) in [6.45, 7) is -1.03. The third-order valence-corrected chi connectivity index (χ3v) is 20.8. The van der Waals surface area contributed by atoms with Crippen LogP contribution in [-0.4, -0.2) is 351 Å². The Labute approximate surface area is 626 Å². The van der Waals surface area contributed by atoms with Crippen molar-refractivity contribution >= 4 is 11.8 Å². The molecule has 12 unspecified atom stereocenters. The number of hydrogen-bond donors (Lipinski definition) is 21. The van der Waals surface area contributed by atoms with Crippen molar-refractivity contribution in [2.24, 2.45) is 0 Å². The van der Waals surface area contributed by atoms with Gasteiger partial charge in [0.1, 0.15) is 146 Å². The van der Waals surface area contributed by atoms with Crippen LogP contribution in [0.2, 0.25) is 0 Å². The third kappa shape index (κ3) is 27.6. The number of carbonyl (C=O) groups is 2. The van der Waals surface area contributed by atoms with Crippen molar-refractivity contribution in [3.8, 4) is 0 Å². The Kier molecular flexibility index (Phi) is 43.0. The van der Waals surface area contributed by atoms with Crippen LogP contribution in [0.15, 0.2) is 12.2 Å². The predicted octanol–water partition coefficient (Wildman–Crippen LogP) is -3.35. The van der Waals surface area contributed by atoms with Crippen molar-refractivity contribution in [2.45, 2.75) is 384 Å². The molecule has 6 rings (SSSR count). The topological polar surface area (TPSA) is 553 Å². The van der Waals surface area contributed by atoms with Crippen LogP contribution in [0.5, 0.6) is 0 Å². The number of amides is 2. The van der Waals surface area contributed by atoms with Crippen molar-refractivity contribution in [3.63, 3.8) is 0 Å². The summed E-state index contributed by atoms with van der Waals surface area (Å²) in [7, 11) is 0. The molecule has 35 nitrogen and oxygen atoms in total. The molecule has 2 amide bonds. The van der Waals surface area contributed by atoms with Gasteiger partial charge in [0.05, 0.1) is 58.4 Å². The molecule has 107 heavy (non-hydrogen) atoms. The fourth-order valence-corrected chi connectivity index (χ4v) is 14.3. The zero-order valence-corrected chi connectivity index (χ0v) is 62.2. The molecule has 0 saturated carbocycles. The Hall–Kier alpha value is -2.56. The van der Waals surface area contributed by atoms with Crippen molar-refractivity contribution in [3.05, 3.63) is 12.2 Å². The van der Waals surface area contributed by atoms with Gasteiger partial charge in [0.25, 0.3) is 0 Å². The summed E-state index contributed by atoms with van der Waals surface area (Å²) < 4.78 is 70.1. The molecule has 6 fully saturated rings. The Morgan fingerprint density at radius 1 is 0.364 bits per heavy atom. The lowest BCUT2D eigenvalue weighted by atomic mass is 9.94. The molecule has 35 heteroatoms. The molecular weight excluding hydrogens is 1420 g/mol. The molecule has 0 aromatic carbocycles. The summed E-state index contributed by atoms with van der Waals surface area (Å²) in [6.07, 6.45) is -26.4. The van der Waals surface area contributed by atoms with Crippen LogP contribution in [0.1, 0.15) is 188 Å². The number of allylic oxidation sites excluding steroid dienone is 1. The van der Waals surface area contributed by atoms with E-state index < -0.39 is 248 Å². The summed E-state index contributed by atoms with van der Waals surface area (Å²) in [5, 5.41) is 216. The maximum atomic E-state index is 13.5. The van der Waals surface area contributed by atoms with E-state index in [1.807, 2.05) is 6.08 Å². The third-order valence-electron chi connectivity index (χ3n) is 20.8. The van der Waals surface area contributed by atoms with E-state index in [2.05, 4.69) is 24.5 Å². The van der Waals surface area contributed by atoms with Crippen LogP contribution in [0.25, 0.3) is 0 Å². The Morgan fingerprint density at radius 2 is 0.692 bits per heavy atom. The van der Waals surface area contributed by atoms with E-state index >= 15 is 0 Å². The smallest absolute Gasteiger partial charge is 0.220 e. The maximum absolute atomic E-state index is 13.5. The fraction of sp³-hybridized carbons (Fsp3) is 0.944. The van der Waals surface area contributed by atoms with Gasteiger partial charge in [0.15, 0.2) is 37.7 Å². The molecule has 6 aliphatic rings. The number of nitrogens with one attached hydrogen (secondary N) is 2. The van der Waals surface area contributed by atoms with E-state index in [0.29, 0.717) is 12.8 Å². The normalized spacial score (nSPS) is 38.4. The van der Waals surface area contributed by atoms with E-state index in [0.717, 1.165) is 58.3 Å². The van der Waals surface area contributed by atoms with Crippen LogP contribution in [-0.2, 0) is 66.4 Å². The highest BCUT2D eigenvalue weighted by molar-refractivity contribution is 5.76. The SMILES string of the molecule is CCCCCCCCCCCCC/C=C/[C@@H](O)[C@H](CO[C@@H]1OC(CO)[C@@H](O[C@@H]2OC(CO)[C@H](O)[C@H](O[C@H]3OC(CO)[C@H](O)[C@H](O[C@@H]4OC(CO)[C@H](O)[C@H](O[C@@H]5OC(CO)[C@H](O)[C@H](O[C@H]6OC(CO)[C@H](O)[C@H](O)C6O)C5O)C4NC(C)=O)C3O)C2O)[C@H](O)C1O)NC(=O)CCCCCCCCCCCCCCC. The second-order valence-corrected chi connectivity index (χ2v) is 29.2. The maximum Gasteiger partial charge on any atom is 0.220 e. The Morgan fingerprint density at radius 3 is 1.10 bits per heavy atom. The molecular formula is C72H130N2O33. The molecule has 0 aromatic rings. The van der Waals surface area contributed by atoms with Gasteiger partial charge >= 0.3 is 0 Å². The van der Waals surface area contributed by atoms with E-state index in [1.54, 1.807) is 6.08 Å². The zero-order chi connectivity index (χ0) is 78.3. The number of carbonyl (C=O) groups excluding carboxylic acids is 2. The number of unbranched alkanes of at least 4 members (excludes halogenated alkanes) is 23. The van der Waals surface area contributed by atoms with Gasteiger partial charge in [-0.25, -0.2) is 0 Å². The molecule has 0 aliphatic carbocycles. The number of aliphatic hydroxyl groups excluding tert-OH is 19. The number of aliphatic hydroxyl groups is 19. The van der Waals surface area contributed by atoms with Crippen LogP contribution < -0.4 is 10.6 Å². The van der Waals surface area contributed by atoms with Gasteiger partial charge in [-0.05, 0) is 19.3 Å². The highest BCUT2D eigenvalue weighted by atomic mass is 16.8. The molecule has 0 bridgehead atoms. The highest BCUT2D eigenvalue weighted by Crippen LogP contribution is 2.38. The minimum Gasteiger partial charge on any atom is -0.394 e. The van der Waals surface area contributed by atoms with E-state index in [9.17, 15) is 107 Å². The summed E-state index contributed by atoms with van der Waals surface area (Å²) >= 11 is 0. The van der Waals surface area contributed by atoms with Gasteiger partial charge in [-0.2, -0.15) is 0 Å². The van der Waals surface area contributed by atoms with E-state index in [4.69, 9.17) is 56.8 Å². The molecule has 626 valence electrons. The van der Waals surface area contributed by atoms with Crippen molar-refractivity contribution < 1.29 is 163 Å². The summed E-state index contributed by atoms with van der Waals surface area (Å²) in [6, 6.07) is -2.91. The first-order valence-corrected chi connectivity index (χ1v) is 39.0. The minimum absolute atomic E-state index is 0.173. The lowest BCUT2D eigenvalue weighted by Gasteiger charge is -2.50. The average Bonchev–Trinajstić information content (AvgIpc) is 0.771. The van der Waals surface area contributed by atoms with Gasteiger partial charge in [-0.1, -0.05) is 167 Å². The van der Waals surface area contributed by atoms with Crippen molar-refractivity contribution in [1.29, 1.82) is 0 Å². The zero-order valence-electron chi connectivity index (χ0n) is 62.2. The number of hydrogen-bond acceptors (Lipinski definition) is 33. The first-order chi connectivity index (χ1) is 51.4. The molecule has 0 radical (unpaired) electrons. The second-order valence-electron chi connectivity index (χ2n) is 29.2. The van der Waals surface area contributed by atoms with Crippen LogP contribution in [0.3, 0.4) is 0 Å². The van der Waals surface area contributed by atoms with Gasteiger partial charge in [0.2, 0.25) is 11.8 Å². The molecule has 32 atom stereocenters. The molecule has 0 spiro atoms. The van der Waals surface area contributed by atoms with Crippen LogP contribution >= 0.6 is 0 Å². The molecule has 6 aliphatic heterocycles. The number of ether oxygens (including phenoxy) is 12.